The van der Waals surface area contributed by atoms with Crippen LogP contribution in [0.5, 0.6) is 0 Å². The van der Waals surface area contributed by atoms with Gasteiger partial charge >= 0.3 is 0 Å². The number of carbonyl (C=O) groups excluding carboxylic acids is 1. The highest BCUT2D eigenvalue weighted by Gasteiger charge is 2.24. The lowest BCUT2D eigenvalue weighted by Crippen LogP contribution is -2.38. The summed E-state index contributed by atoms with van der Waals surface area (Å²) in [5, 5.41) is 5.28. The lowest BCUT2D eigenvalue weighted by Gasteiger charge is -2.25. The van der Waals surface area contributed by atoms with Gasteiger partial charge in [0.25, 0.3) is 5.91 Å². The van der Waals surface area contributed by atoms with Crippen LogP contribution in [-0.4, -0.2) is 23.1 Å². The minimum atomic E-state index is 0.0337. The lowest BCUT2D eigenvalue weighted by atomic mass is 9.93. The lowest BCUT2D eigenvalue weighted by molar-refractivity contribution is -0.122. The third-order valence-electron chi connectivity index (χ3n) is 2.94. The van der Waals surface area contributed by atoms with Crippen molar-refractivity contribution in [3.05, 3.63) is 16.4 Å². The summed E-state index contributed by atoms with van der Waals surface area (Å²) in [5.41, 5.74) is 0. The molecule has 1 aliphatic heterocycles. The number of hydrogen-bond acceptors (Lipinski definition) is 3. The van der Waals surface area contributed by atoms with Crippen LogP contribution < -0.4 is 10.1 Å². The molecule has 0 unspecified atom stereocenters. The second-order valence-electron chi connectivity index (χ2n) is 4.32. The highest BCUT2D eigenvalue weighted by Crippen LogP contribution is 2.17. The van der Waals surface area contributed by atoms with Crippen LogP contribution in [0.4, 0.5) is 0 Å². The van der Waals surface area contributed by atoms with E-state index in [9.17, 15) is 4.79 Å². The number of hydrogen-bond donors (Lipinski definition) is 1. The standard InChI is InChI=1S/C11H17N3OS/c1-8-7-9(3-4-12-8)10(15)13-11-14(2)5-6-16-11/h5-6,8-9,12H,3-4,7H2,1-2H3/t8-,9-/m0/s1. The molecule has 1 saturated heterocycles. The molecule has 1 aliphatic rings. The smallest absolute Gasteiger partial charge is 0.251 e. The first kappa shape index (κ1) is 11.5. The number of thiazole rings is 1. The van der Waals surface area contributed by atoms with E-state index in [0.717, 1.165) is 24.2 Å². The van der Waals surface area contributed by atoms with Crippen molar-refractivity contribution in [1.82, 2.24) is 9.88 Å². The molecule has 4 nitrogen and oxygen atoms in total. The van der Waals surface area contributed by atoms with Crippen LogP contribution in [0.25, 0.3) is 0 Å². The van der Waals surface area contributed by atoms with Crippen molar-refractivity contribution in [1.29, 1.82) is 0 Å². The Balaban J connectivity index is 2.11. The zero-order valence-electron chi connectivity index (χ0n) is 9.64. The van der Waals surface area contributed by atoms with E-state index in [0.29, 0.717) is 6.04 Å². The summed E-state index contributed by atoms with van der Waals surface area (Å²) >= 11 is 1.50. The van der Waals surface area contributed by atoms with Crippen LogP contribution in [0.3, 0.4) is 0 Å². The molecule has 5 heteroatoms. The predicted octanol–water partition coefficient (Wildman–Crippen LogP) is 0.902. The largest absolute Gasteiger partial charge is 0.327 e. The summed E-state index contributed by atoms with van der Waals surface area (Å²) in [5.74, 6) is 0.129. The second kappa shape index (κ2) is 4.93. The first-order valence-corrected chi connectivity index (χ1v) is 6.47. The minimum Gasteiger partial charge on any atom is -0.327 e. The zero-order chi connectivity index (χ0) is 11.5. The molecule has 1 aromatic rings. The fraction of sp³-hybridized carbons (Fsp3) is 0.636. The maximum Gasteiger partial charge on any atom is 0.251 e. The summed E-state index contributed by atoms with van der Waals surface area (Å²) in [4.78, 5) is 16.9. The Morgan fingerprint density at radius 2 is 2.50 bits per heavy atom. The molecule has 2 rings (SSSR count). The number of piperidine rings is 1. The number of amides is 1. The van der Waals surface area contributed by atoms with Gasteiger partial charge in [-0.1, -0.05) is 0 Å². The quantitative estimate of drug-likeness (QED) is 0.791. The van der Waals surface area contributed by atoms with Crippen molar-refractivity contribution in [3.8, 4) is 0 Å². The van der Waals surface area contributed by atoms with Crippen LogP contribution in [0.2, 0.25) is 0 Å². The number of nitrogens with one attached hydrogen (secondary N) is 1. The maximum atomic E-state index is 12.0. The van der Waals surface area contributed by atoms with Gasteiger partial charge in [-0.05, 0) is 26.3 Å². The van der Waals surface area contributed by atoms with Gasteiger partial charge in [-0.15, -0.1) is 11.3 Å². The van der Waals surface area contributed by atoms with Crippen molar-refractivity contribution in [2.75, 3.05) is 6.54 Å². The molecule has 16 heavy (non-hydrogen) atoms. The molecule has 1 amide bonds. The van der Waals surface area contributed by atoms with Gasteiger partial charge in [0.05, 0.1) is 0 Å². The first-order chi connectivity index (χ1) is 7.66. The van der Waals surface area contributed by atoms with Crippen LogP contribution in [0.1, 0.15) is 19.8 Å². The summed E-state index contributed by atoms with van der Waals surface area (Å²) in [6.07, 6.45) is 3.72. The van der Waals surface area contributed by atoms with Crippen LogP contribution in [0, 0.1) is 5.92 Å². The molecule has 1 N–H and O–H groups in total. The van der Waals surface area contributed by atoms with Gasteiger partial charge < -0.3 is 9.88 Å². The van der Waals surface area contributed by atoms with Gasteiger partial charge in [-0.25, -0.2) is 0 Å². The van der Waals surface area contributed by atoms with E-state index in [4.69, 9.17) is 0 Å². The Hall–Kier alpha value is -0.940. The molecule has 0 spiro atoms. The van der Waals surface area contributed by atoms with E-state index >= 15 is 0 Å². The Bertz CT molecular complexity index is 434. The molecule has 0 aromatic carbocycles. The molecular weight excluding hydrogens is 222 g/mol. The topological polar surface area (TPSA) is 46.4 Å². The van der Waals surface area contributed by atoms with E-state index in [1.165, 1.54) is 11.3 Å². The number of aryl methyl sites for hydroxylation is 1. The molecule has 0 saturated carbocycles. The number of aromatic nitrogens is 1. The molecule has 1 aromatic heterocycles. The Kier molecular flexibility index (Phi) is 3.56. The average Bonchev–Trinajstić information content (AvgIpc) is 2.64. The highest BCUT2D eigenvalue weighted by atomic mass is 32.1. The Labute approximate surface area is 99.0 Å². The average molecular weight is 239 g/mol. The Morgan fingerprint density at radius 1 is 1.69 bits per heavy atom. The molecule has 2 heterocycles. The summed E-state index contributed by atoms with van der Waals surface area (Å²) in [6, 6.07) is 0.426. The fourth-order valence-corrected chi connectivity index (χ4v) is 2.71. The van der Waals surface area contributed by atoms with Gasteiger partial charge in [0.1, 0.15) is 0 Å². The maximum absolute atomic E-state index is 12.0. The summed E-state index contributed by atoms with van der Waals surface area (Å²) in [7, 11) is 1.91. The van der Waals surface area contributed by atoms with Crippen molar-refractivity contribution in [3.63, 3.8) is 0 Å². The number of carbonyl (C=O) groups is 1. The monoisotopic (exact) mass is 239 g/mol. The zero-order valence-corrected chi connectivity index (χ0v) is 10.5. The molecule has 88 valence electrons. The fourth-order valence-electron chi connectivity index (χ4n) is 1.98. The van der Waals surface area contributed by atoms with Gasteiger partial charge in [-0.2, -0.15) is 4.99 Å². The van der Waals surface area contributed by atoms with Crippen LogP contribution in [-0.2, 0) is 11.8 Å². The molecule has 0 radical (unpaired) electrons. The molecule has 0 bridgehead atoms. The molecular formula is C11H17N3OS. The SMILES string of the molecule is C[C@H]1C[C@@H](C(=O)N=c2sccn2C)CCN1. The van der Waals surface area contributed by atoms with Crippen LogP contribution >= 0.6 is 11.3 Å². The molecule has 2 atom stereocenters. The van der Waals surface area contributed by atoms with Crippen molar-refractivity contribution < 1.29 is 4.79 Å². The third-order valence-corrected chi connectivity index (χ3v) is 3.79. The number of rotatable bonds is 1. The van der Waals surface area contributed by atoms with Crippen molar-refractivity contribution >= 4 is 17.2 Å². The molecule has 0 aliphatic carbocycles. The molecule has 1 fully saturated rings. The first-order valence-electron chi connectivity index (χ1n) is 5.59. The van der Waals surface area contributed by atoms with Crippen molar-refractivity contribution in [2.45, 2.75) is 25.8 Å². The van der Waals surface area contributed by atoms with E-state index in [1.807, 2.05) is 23.2 Å². The van der Waals surface area contributed by atoms with Gasteiger partial charge in [-0.3, -0.25) is 4.79 Å². The summed E-state index contributed by atoms with van der Waals surface area (Å²) in [6.45, 7) is 3.04. The van der Waals surface area contributed by atoms with Gasteiger partial charge in [0, 0.05) is 30.6 Å². The van der Waals surface area contributed by atoms with E-state index in [1.54, 1.807) is 0 Å². The highest BCUT2D eigenvalue weighted by molar-refractivity contribution is 7.07. The van der Waals surface area contributed by atoms with E-state index < -0.39 is 0 Å². The normalized spacial score (nSPS) is 27.0. The van der Waals surface area contributed by atoms with Gasteiger partial charge in [0.15, 0.2) is 4.80 Å². The van der Waals surface area contributed by atoms with Crippen LogP contribution in [0.15, 0.2) is 16.6 Å². The summed E-state index contributed by atoms with van der Waals surface area (Å²) < 4.78 is 1.88. The third kappa shape index (κ3) is 2.59. The van der Waals surface area contributed by atoms with Gasteiger partial charge in [0.2, 0.25) is 0 Å². The Morgan fingerprint density at radius 3 is 3.12 bits per heavy atom. The minimum absolute atomic E-state index is 0.0337. The van der Waals surface area contributed by atoms with E-state index in [-0.39, 0.29) is 11.8 Å². The number of nitrogens with zero attached hydrogens (tertiary/aromatic N) is 2. The van der Waals surface area contributed by atoms with E-state index in [2.05, 4.69) is 17.2 Å². The predicted molar refractivity (Wildman–Crippen MR) is 64.0 cm³/mol. The van der Waals surface area contributed by atoms with Crippen molar-refractivity contribution in [2.24, 2.45) is 18.0 Å². The second-order valence-corrected chi connectivity index (χ2v) is 5.20.